The average molecular weight is 364 g/mol. The van der Waals surface area contributed by atoms with Crippen LogP contribution in [0.25, 0.3) is 0 Å². The predicted octanol–water partition coefficient (Wildman–Crippen LogP) is 2.18. The number of amides is 1. The normalized spacial score (nSPS) is 18.6. The van der Waals surface area contributed by atoms with E-state index in [1.54, 1.807) is 23.1 Å². The Labute approximate surface area is 149 Å². The number of fused-ring (bicyclic) bond motifs is 1. The van der Waals surface area contributed by atoms with Crippen molar-refractivity contribution in [3.63, 3.8) is 0 Å². The first-order valence-corrected chi connectivity index (χ1v) is 10.4. The van der Waals surface area contributed by atoms with Crippen molar-refractivity contribution >= 4 is 29.0 Å². The third-order valence-corrected chi connectivity index (χ3v) is 6.65. The van der Waals surface area contributed by atoms with Gasteiger partial charge in [-0.3, -0.25) is 4.79 Å². The van der Waals surface area contributed by atoms with Gasteiger partial charge in [0.25, 0.3) is 5.91 Å². The summed E-state index contributed by atoms with van der Waals surface area (Å²) in [4.78, 5) is 16.7. The highest BCUT2D eigenvalue weighted by Crippen LogP contribution is 2.31. The summed E-state index contributed by atoms with van der Waals surface area (Å²) < 4.78 is 2.27. The van der Waals surface area contributed by atoms with Crippen molar-refractivity contribution in [2.45, 2.75) is 36.7 Å². The van der Waals surface area contributed by atoms with Crippen LogP contribution in [0.5, 0.6) is 0 Å². The molecule has 2 aliphatic rings. The Bertz CT molecular complexity index is 733. The maximum Gasteiger partial charge on any atom is 0.265 e. The summed E-state index contributed by atoms with van der Waals surface area (Å²) in [5.74, 6) is 2.74. The van der Waals surface area contributed by atoms with Gasteiger partial charge in [0.2, 0.25) is 0 Å². The molecule has 0 radical (unpaired) electrons. The smallest absolute Gasteiger partial charge is 0.265 e. The minimum absolute atomic E-state index is 0.181. The van der Waals surface area contributed by atoms with Crippen LogP contribution < -0.4 is 5.32 Å². The van der Waals surface area contributed by atoms with E-state index in [9.17, 15) is 4.79 Å². The van der Waals surface area contributed by atoms with Crippen LogP contribution in [0, 0.1) is 0 Å². The molecule has 2 aromatic rings. The molecule has 1 saturated heterocycles. The SMILES string of the molecule is CSc1ccsc1C(=O)N1CCC(c2nnc3n2CCNC3)CC1. The molecule has 1 amide bonds. The predicted molar refractivity (Wildman–Crippen MR) is 95.7 cm³/mol. The Hall–Kier alpha value is -1.38. The Kier molecular flexibility index (Phi) is 4.60. The molecule has 0 bridgehead atoms. The van der Waals surface area contributed by atoms with E-state index in [0.29, 0.717) is 5.92 Å². The molecule has 0 unspecified atom stereocenters. The van der Waals surface area contributed by atoms with Crippen molar-refractivity contribution in [3.8, 4) is 0 Å². The molecule has 8 heteroatoms. The molecule has 0 atom stereocenters. The van der Waals surface area contributed by atoms with Crippen molar-refractivity contribution in [1.82, 2.24) is 25.0 Å². The summed E-state index contributed by atoms with van der Waals surface area (Å²) in [5.41, 5.74) is 0. The Morgan fingerprint density at radius 1 is 1.33 bits per heavy atom. The number of carbonyl (C=O) groups excluding carboxylic acids is 1. The van der Waals surface area contributed by atoms with Crippen molar-refractivity contribution in [1.29, 1.82) is 0 Å². The summed E-state index contributed by atoms with van der Waals surface area (Å²) in [7, 11) is 0. The van der Waals surface area contributed by atoms with E-state index in [4.69, 9.17) is 0 Å². The number of hydrogen-bond acceptors (Lipinski definition) is 6. The van der Waals surface area contributed by atoms with Crippen LogP contribution in [0.3, 0.4) is 0 Å². The number of carbonyl (C=O) groups is 1. The van der Waals surface area contributed by atoms with E-state index in [-0.39, 0.29) is 5.91 Å². The third-order valence-electron chi connectivity index (χ3n) is 4.84. The highest BCUT2D eigenvalue weighted by molar-refractivity contribution is 7.98. The number of nitrogens with zero attached hydrogens (tertiary/aromatic N) is 4. The molecule has 4 heterocycles. The third kappa shape index (κ3) is 2.87. The maximum absolute atomic E-state index is 12.7. The lowest BCUT2D eigenvalue weighted by atomic mass is 9.95. The minimum Gasteiger partial charge on any atom is -0.338 e. The zero-order valence-electron chi connectivity index (χ0n) is 13.7. The van der Waals surface area contributed by atoms with Crippen LogP contribution in [-0.4, -0.2) is 51.5 Å². The van der Waals surface area contributed by atoms with E-state index >= 15 is 0 Å². The zero-order valence-corrected chi connectivity index (χ0v) is 15.3. The van der Waals surface area contributed by atoms with Gasteiger partial charge >= 0.3 is 0 Å². The molecule has 1 fully saturated rings. The van der Waals surface area contributed by atoms with Crippen LogP contribution in [0.2, 0.25) is 0 Å². The standard InChI is InChI=1S/C16H21N5OS2/c1-23-12-4-9-24-14(12)16(22)20-6-2-11(3-7-20)15-19-18-13-10-17-5-8-21(13)15/h4,9,11,17H,2-3,5-8,10H2,1H3. The van der Waals surface area contributed by atoms with E-state index in [0.717, 1.165) is 67.0 Å². The van der Waals surface area contributed by atoms with Crippen LogP contribution in [0.4, 0.5) is 0 Å². The first-order valence-electron chi connectivity index (χ1n) is 8.31. The van der Waals surface area contributed by atoms with Crippen molar-refractivity contribution < 1.29 is 4.79 Å². The molecule has 0 aliphatic carbocycles. The molecule has 2 aliphatic heterocycles. The number of aromatic nitrogens is 3. The maximum atomic E-state index is 12.7. The summed E-state index contributed by atoms with van der Waals surface area (Å²) in [5, 5.41) is 14.1. The number of piperidine rings is 1. The summed E-state index contributed by atoms with van der Waals surface area (Å²) in [6.07, 6.45) is 3.96. The number of hydrogen-bond donors (Lipinski definition) is 1. The second-order valence-electron chi connectivity index (χ2n) is 6.19. The quantitative estimate of drug-likeness (QED) is 0.847. The van der Waals surface area contributed by atoms with Gasteiger partial charge in [-0.15, -0.1) is 33.3 Å². The average Bonchev–Trinajstić information content (AvgIpc) is 3.28. The van der Waals surface area contributed by atoms with Gasteiger partial charge in [-0.2, -0.15) is 0 Å². The molecule has 1 N–H and O–H groups in total. The fraction of sp³-hybridized carbons (Fsp3) is 0.562. The second kappa shape index (κ2) is 6.85. The van der Waals surface area contributed by atoms with Gasteiger partial charge in [0.05, 0.1) is 6.54 Å². The molecular weight excluding hydrogens is 342 g/mol. The first kappa shape index (κ1) is 16.1. The van der Waals surface area contributed by atoms with Crippen LogP contribution in [-0.2, 0) is 13.1 Å². The van der Waals surface area contributed by atoms with Gasteiger partial charge in [-0.05, 0) is 30.5 Å². The lowest BCUT2D eigenvalue weighted by Gasteiger charge is -2.32. The van der Waals surface area contributed by atoms with Gasteiger partial charge in [-0.25, -0.2) is 0 Å². The van der Waals surface area contributed by atoms with E-state index in [1.807, 2.05) is 22.6 Å². The Morgan fingerprint density at radius 3 is 2.96 bits per heavy atom. The summed E-state index contributed by atoms with van der Waals surface area (Å²) in [6.45, 7) is 4.33. The lowest BCUT2D eigenvalue weighted by Crippen LogP contribution is -2.38. The van der Waals surface area contributed by atoms with Crippen LogP contribution in [0.1, 0.15) is 40.1 Å². The van der Waals surface area contributed by atoms with E-state index in [2.05, 4.69) is 20.1 Å². The minimum atomic E-state index is 0.181. The molecule has 4 rings (SSSR count). The van der Waals surface area contributed by atoms with Gasteiger partial charge in [0.1, 0.15) is 16.5 Å². The van der Waals surface area contributed by atoms with Gasteiger partial charge in [0.15, 0.2) is 0 Å². The van der Waals surface area contributed by atoms with Crippen LogP contribution >= 0.6 is 23.1 Å². The van der Waals surface area contributed by atoms with Gasteiger partial charge in [-0.1, -0.05) is 0 Å². The molecular formula is C16H21N5OS2. The number of nitrogens with one attached hydrogen (secondary N) is 1. The van der Waals surface area contributed by atoms with Crippen molar-refractivity contribution in [2.75, 3.05) is 25.9 Å². The van der Waals surface area contributed by atoms with Gasteiger partial charge < -0.3 is 14.8 Å². The molecule has 2 aromatic heterocycles. The second-order valence-corrected chi connectivity index (χ2v) is 7.95. The largest absolute Gasteiger partial charge is 0.338 e. The summed E-state index contributed by atoms with van der Waals surface area (Å²) in [6, 6.07) is 2.03. The molecule has 128 valence electrons. The van der Waals surface area contributed by atoms with Crippen molar-refractivity contribution in [2.24, 2.45) is 0 Å². The fourth-order valence-electron chi connectivity index (χ4n) is 3.52. The van der Waals surface area contributed by atoms with Crippen molar-refractivity contribution in [3.05, 3.63) is 28.0 Å². The fourth-order valence-corrected chi connectivity index (χ4v) is 5.23. The number of thioether (sulfide) groups is 1. The summed E-state index contributed by atoms with van der Waals surface area (Å²) >= 11 is 3.19. The molecule has 0 aromatic carbocycles. The topological polar surface area (TPSA) is 63.1 Å². The zero-order chi connectivity index (χ0) is 16.5. The molecule has 6 nitrogen and oxygen atoms in total. The number of thiophene rings is 1. The monoisotopic (exact) mass is 363 g/mol. The lowest BCUT2D eigenvalue weighted by molar-refractivity contribution is 0.0712. The first-order chi connectivity index (χ1) is 11.8. The number of likely N-dealkylation sites (tertiary alicyclic amines) is 1. The van der Waals surface area contributed by atoms with E-state index < -0.39 is 0 Å². The Balaban J connectivity index is 1.44. The Morgan fingerprint density at radius 2 is 2.17 bits per heavy atom. The molecule has 24 heavy (non-hydrogen) atoms. The van der Waals surface area contributed by atoms with Gasteiger partial charge in [0, 0.05) is 37.0 Å². The molecule has 0 spiro atoms. The number of rotatable bonds is 3. The van der Waals surface area contributed by atoms with E-state index in [1.165, 1.54) is 0 Å². The van der Waals surface area contributed by atoms with Crippen LogP contribution in [0.15, 0.2) is 16.3 Å². The highest BCUT2D eigenvalue weighted by Gasteiger charge is 2.30. The highest BCUT2D eigenvalue weighted by atomic mass is 32.2. The molecule has 0 saturated carbocycles.